The summed E-state index contributed by atoms with van der Waals surface area (Å²) in [6.07, 6.45) is 6.54. The SMILES string of the molecule is CCC1C=C(c2ccccc2)C=C(c2ccccc2)N=C1c1cccc2c1oc1cc3oc4c(-c5ccc6c(c5)-c5ccccc5CC6C(C)c5ccccc5)cccc4c3cc12. The van der Waals surface area contributed by atoms with Gasteiger partial charge in [-0.25, -0.2) is 0 Å². The summed E-state index contributed by atoms with van der Waals surface area (Å²) in [5.41, 5.74) is 18.8. The van der Waals surface area contributed by atoms with E-state index >= 15 is 0 Å². The van der Waals surface area contributed by atoms with Gasteiger partial charge in [-0.05, 0) is 93.5 Å². The van der Waals surface area contributed by atoms with Crippen LogP contribution in [0.5, 0.6) is 0 Å². The molecule has 302 valence electrons. The van der Waals surface area contributed by atoms with Crippen LogP contribution in [0.25, 0.3) is 77.4 Å². The van der Waals surface area contributed by atoms with Gasteiger partial charge in [0.15, 0.2) is 0 Å². The highest BCUT2D eigenvalue weighted by molar-refractivity contribution is 6.21. The van der Waals surface area contributed by atoms with Crippen LogP contribution in [-0.4, -0.2) is 5.71 Å². The lowest BCUT2D eigenvalue weighted by Gasteiger charge is -2.32. The summed E-state index contributed by atoms with van der Waals surface area (Å²) in [5, 5.41) is 4.31. The molecule has 3 nitrogen and oxygen atoms in total. The number of rotatable bonds is 7. The van der Waals surface area contributed by atoms with Gasteiger partial charge < -0.3 is 8.83 Å². The van der Waals surface area contributed by atoms with Crippen molar-refractivity contribution < 1.29 is 8.83 Å². The highest BCUT2D eigenvalue weighted by atomic mass is 16.3. The van der Waals surface area contributed by atoms with Gasteiger partial charge in [-0.3, -0.25) is 4.99 Å². The van der Waals surface area contributed by atoms with Crippen molar-refractivity contribution in [2.24, 2.45) is 10.9 Å². The highest BCUT2D eigenvalue weighted by Crippen LogP contribution is 2.48. The fraction of sp³-hybridized carbons (Fsp3) is 0.117. The molecule has 10 aromatic rings. The van der Waals surface area contributed by atoms with Gasteiger partial charge in [0.2, 0.25) is 0 Å². The highest BCUT2D eigenvalue weighted by Gasteiger charge is 2.30. The third kappa shape index (κ3) is 6.30. The van der Waals surface area contributed by atoms with Crippen LogP contribution in [-0.2, 0) is 6.42 Å². The molecule has 0 fully saturated rings. The van der Waals surface area contributed by atoms with Crippen molar-refractivity contribution >= 4 is 60.9 Å². The Bertz CT molecular complexity index is 3480. The van der Waals surface area contributed by atoms with E-state index in [0.29, 0.717) is 11.8 Å². The molecule has 1 aliphatic heterocycles. The number of allylic oxidation sites excluding steroid dienone is 3. The molecule has 0 radical (unpaired) electrons. The van der Waals surface area contributed by atoms with E-state index in [1.54, 1.807) is 0 Å². The Morgan fingerprint density at radius 1 is 0.540 bits per heavy atom. The molecule has 1 aliphatic carbocycles. The van der Waals surface area contributed by atoms with Crippen LogP contribution in [0.1, 0.15) is 65.5 Å². The molecule has 2 aliphatic rings. The molecule has 0 saturated carbocycles. The monoisotopic (exact) mass is 811 g/mol. The number of hydrogen-bond donors (Lipinski definition) is 0. The van der Waals surface area contributed by atoms with E-state index in [1.165, 1.54) is 39.0 Å². The fourth-order valence-corrected chi connectivity index (χ4v) is 10.4. The number of nitrogens with zero attached hydrogens (tertiary/aromatic N) is 1. The lowest BCUT2D eigenvalue weighted by atomic mass is 9.71. The van der Waals surface area contributed by atoms with Crippen LogP contribution in [0.3, 0.4) is 0 Å². The Morgan fingerprint density at radius 2 is 1.16 bits per heavy atom. The van der Waals surface area contributed by atoms with Crippen LogP contribution >= 0.6 is 0 Å². The van der Waals surface area contributed by atoms with Gasteiger partial charge in [-0.1, -0.05) is 178 Å². The Kier molecular flexibility index (Phi) is 8.96. The molecule has 0 amide bonds. The first-order valence-electron chi connectivity index (χ1n) is 22.3. The molecule has 2 aromatic heterocycles. The summed E-state index contributed by atoms with van der Waals surface area (Å²) in [4.78, 5) is 5.50. The predicted octanol–water partition coefficient (Wildman–Crippen LogP) is 16.2. The smallest absolute Gasteiger partial charge is 0.144 e. The number of para-hydroxylation sites is 2. The molecule has 3 atom stereocenters. The number of fused-ring (bicyclic) bond motifs is 9. The van der Waals surface area contributed by atoms with Crippen molar-refractivity contribution in [2.45, 2.75) is 38.5 Å². The summed E-state index contributed by atoms with van der Waals surface area (Å²) in [6.45, 7) is 4.62. The summed E-state index contributed by atoms with van der Waals surface area (Å²) < 4.78 is 13.8. The Morgan fingerprint density at radius 3 is 1.87 bits per heavy atom. The summed E-state index contributed by atoms with van der Waals surface area (Å²) in [5.74, 6) is 0.840. The first kappa shape index (κ1) is 37.3. The van der Waals surface area contributed by atoms with Crippen LogP contribution in [0.2, 0.25) is 0 Å². The average Bonchev–Trinajstić information content (AvgIpc) is 3.83. The molecule has 0 N–H and O–H groups in total. The van der Waals surface area contributed by atoms with E-state index in [2.05, 4.69) is 208 Å². The molecule has 3 heteroatoms. The van der Waals surface area contributed by atoms with Crippen molar-refractivity contribution in [3.63, 3.8) is 0 Å². The van der Waals surface area contributed by atoms with Gasteiger partial charge in [0.25, 0.3) is 0 Å². The molecular formula is C60H45NO2. The van der Waals surface area contributed by atoms with Crippen LogP contribution < -0.4 is 0 Å². The van der Waals surface area contributed by atoms with Gasteiger partial charge >= 0.3 is 0 Å². The topological polar surface area (TPSA) is 38.6 Å². The van der Waals surface area contributed by atoms with Crippen molar-refractivity contribution in [3.8, 4) is 22.3 Å². The molecular weight excluding hydrogens is 767 g/mol. The number of hydrogen-bond acceptors (Lipinski definition) is 3. The standard InChI is InChI=1S/C60H45NO2/c1-3-38-31-44(40-19-9-5-10-20-40)34-55(41-21-11-6-12-22-41)61-58(38)50-28-16-27-49-54-35-53-48-26-15-25-46(59(48)62-56(53)36-57(54)63-60(49)50)43-29-30-47-51(37(2)39-17-7-4-8-18-39)32-42-23-13-14-24-45(42)52(47)33-43/h4-31,33-38,51H,3,32H2,1-2H3. The minimum atomic E-state index is 0.0744. The van der Waals surface area contributed by atoms with Crippen LogP contribution in [0.15, 0.2) is 208 Å². The maximum Gasteiger partial charge on any atom is 0.144 e. The second-order valence-corrected chi connectivity index (χ2v) is 17.3. The third-order valence-electron chi connectivity index (χ3n) is 13.7. The minimum Gasteiger partial charge on any atom is -0.455 e. The zero-order valence-corrected chi connectivity index (χ0v) is 35.4. The molecule has 8 aromatic carbocycles. The average molecular weight is 812 g/mol. The third-order valence-corrected chi connectivity index (χ3v) is 13.7. The zero-order chi connectivity index (χ0) is 42.0. The lowest BCUT2D eigenvalue weighted by Crippen LogP contribution is -2.17. The van der Waals surface area contributed by atoms with E-state index in [1.807, 2.05) is 0 Å². The second kappa shape index (κ2) is 15.1. The molecule has 63 heavy (non-hydrogen) atoms. The number of aliphatic imine (C=N–C) groups is 1. The van der Waals surface area contributed by atoms with E-state index in [0.717, 1.165) is 90.4 Å². The summed E-state index contributed by atoms with van der Waals surface area (Å²) in [6, 6.07) is 65.5. The Hall–Kier alpha value is -7.49. The molecule has 3 unspecified atom stereocenters. The number of furan rings is 2. The maximum absolute atomic E-state index is 6.92. The fourth-order valence-electron chi connectivity index (χ4n) is 10.4. The second-order valence-electron chi connectivity index (χ2n) is 17.3. The van der Waals surface area contributed by atoms with Crippen molar-refractivity contribution in [3.05, 3.63) is 228 Å². The zero-order valence-electron chi connectivity index (χ0n) is 35.4. The van der Waals surface area contributed by atoms with Gasteiger partial charge in [-0.2, -0.15) is 0 Å². The molecule has 0 saturated heterocycles. The Balaban J connectivity index is 0.973. The largest absolute Gasteiger partial charge is 0.455 e. The molecule has 12 rings (SSSR count). The summed E-state index contributed by atoms with van der Waals surface area (Å²) in [7, 11) is 0. The molecule has 3 heterocycles. The maximum atomic E-state index is 6.92. The van der Waals surface area contributed by atoms with E-state index in [9.17, 15) is 0 Å². The first-order valence-corrected chi connectivity index (χ1v) is 22.3. The van der Waals surface area contributed by atoms with Gasteiger partial charge in [0, 0.05) is 50.2 Å². The van der Waals surface area contributed by atoms with Crippen molar-refractivity contribution in [2.75, 3.05) is 0 Å². The van der Waals surface area contributed by atoms with Gasteiger partial charge in [0.1, 0.15) is 22.3 Å². The van der Waals surface area contributed by atoms with Crippen LogP contribution in [0.4, 0.5) is 0 Å². The Labute approximate surface area is 367 Å². The van der Waals surface area contributed by atoms with Gasteiger partial charge in [-0.15, -0.1) is 0 Å². The molecule has 0 bridgehead atoms. The lowest BCUT2D eigenvalue weighted by molar-refractivity contribution is 0.568. The quantitative estimate of drug-likeness (QED) is 0.161. The molecule has 0 spiro atoms. The first-order chi connectivity index (χ1) is 31.1. The van der Waals surface area contributed by atoms with Crippen molar-refractivity contribution in [1.82, 2.24) is 0 Å². The predicted molar refractivity (Wildman–Crippen MR) is 262 cm³/mol. The van der Waals surface area contributed by atoms with Crippen LogP contribution in [0, 0.1) is 5.92 Å². The van der Waals surface area contributed by atoms with E-state index < -0.39 is 0 Å². The summed E-state index contributed by atoms with van der Waals surface area (Å²) >= 11 is 0. The normalized spacial score (nSPS) is 16.6. The van der Waals surface area contributed by atoms with Crippen molar-refractivity contribution in [1.29, 1.82) is 0 Å². The van der Waals surface area contributed by atoms with E-state index in [-0.39, 0.29) is 5.92 Å². The van der Waals surface area contributed by atoms with E-state index in [4.69, 9.17) is 13.8 Å². The number of benzene rings is 8. The van der Waals surface area contributed by atoms with Gasteiger partial charge in [0.05, 0.1) is 11.4 Å². The minimum absolute atomic E-state index is 0.0744.